The lowest BCUT2D eigenvalue weighted by molar-refractivity contribution is 0.440. The molecule has 0 amide bonds. The summed E-state index contributed by atoms with van der Waals surface area (Å²) in [5, 5.41) is 10.6. The summed E-state index contributed by atoms with van der Waals surface area (Å²) in [5.74, 6) is 1.80. The van der Waals surface area contributed by atoms with Crippen molar-refractivity contribution in [2.24, 2.45) is 0 Å². The monoisotopic (exact) mass is 276 g/mol. The Balaban J connectivity index is 3.86. The van der Waals surface area contributed by atoms with E-state index in [1.165, 1.54) is 16.7 Å². The van der Waals surface area contributed by atoms with Gasteiger partial charge in [0.2, 0.25) is 0 Å². The van der Waals surface area contributed by atoms with Gasteiger partial charge in [0.15, 0.2) is 0 Å². The van der Waals surface area contributed by atoms with Crippen molar-refractivity contribution in [3.8, 4) is 5.75 Å². The molecule has 20 heavy (non-hydrogen) atoms. The molecule has 1 N–H and O–H groups in total. The van der Waals surface area contributed by atoms with E-state index in [0.717, 1.165) is 5.56 Å². The predicted octanol–water partition coefficient (Wildman–Crippen LogP) is 6.06. The lowest BCUT2D eigenvalue weighted by Gasteiger charge is -2.32. The van der Waals surface area contributed by atoms with E-state index in [-0.39, 0.29) is 5.41 Å². The molecule has 0 aliphatic rings. The van der Waals surface area contributed by atoms with Crippen LogP contribution < -0.4 is 0 Å². The summed E-state index contributed by atoms with van der Waals surface area (Å²) in [6.45, 7) is 20.0. The highest BCUT2D eigenvalue weighted by atomic mass is 16.3. The van der Waals surface area contributed by atoms with Gasteiger partial charge in [-0.1, -0.05) is 62.3 Å². The summed E-state index contributed by atoms with van der Waals surface area (Å²) in [5.41, 5.74) is 5.19. The molecule has 1 nitrogen and oxygen atoms in total. The summed E-state index contributed by atoms with van der Waals surface area (Å²) >= 11 is 0. The van der Waals surface area contributed by atoms with Crippen molar-refractivity contribution in [3.63, 3.8) is 0 Å². The fourth-order valence-electron chi connectivity index (χ4n) is 3.24. The fourth-order valence-corrected chi connectivity index (χ4v) is 3.24. The Morgan fingerprint density at radius 3 is 1.55 bits per heavy atom. The number of rotatable bonds is 3. The molecular formula is C19H32O. The van der Waals surface area contributed by atoms with Gasteiger partial charge in [-0.25, -0.2) is 0 Å². The minimum Gasteiger partial charge on any atom is -0.508 e. The van der Waals surface area contributed by atoms with Gasteiger partial charge in [0.05, 0.1) is 0 Å². The quantitative estimate of drug-likeness (QED) is 0.711. The minimum absolute atomic E-state index is 0.0389. The average Bonchev–Trinajstić information content (AvgIpc) is 2.24. The molecule has 0 aliphatic carbocycles. The Kier molecular flexibility index (Phi) is 4.94. The second-order valence-electron chi connectivity index (χ2n) is 7.90. The number of phenolic OH excluding ortho intramolecular Hbond substituents is 1. The van der Waals surface area contributed by atoms with Crippen molar-refractivity contribution in [2.75, 3.05) is 0 Å². The van der Waals surface area contributed by atoms with Crippen LogP contribution in [0.1, 0.15) is 102 Å². The van der Waals surface area contributed by atoms with Gasteiger partial charge in [0.1, 0.15) is 5.75 Å². The number of phenols is 1. The third kappa shape index (κ3) is 3.19. The molecule has 0 radical (unpaired) electrons. The van der Waals surface area contributed by atoms with E-state index in [2.05, 4.69) is 62.3 Å². The van der Waals surface area contributed by atoms with Gasteiger partial charge in [-0.3, -0.25) is 0 Å². The molecule has 0 atom stereocenters. The predicted molar refractivity (Wildman–Crippen MR) is 89.1 cm³/mol. The molecule has 0 unspecified atom stereocenters. The van der Waals surface area contributed by atoms with E-state index in [1.54, 1.807) is 0 Å². The summed E-state index contributed by atoms with van der Waals surface area (Å²) in [4.78, 5) is 0. The van der Waals surface area contributed by atoms with Gasteiger partial charge in [0, 0.05) is 5.56 Å². The summed E-state index contributed by atoms with van der Waals surface area (Å²) in [6, 6.07) is 2.01. The first-order valence-corrected chi connectivity index (χ1v) is 7.88. The zero-order chi connectivity index (χ0) is 15.8. The van der Waals surface area contributed by atoms with E-state index in [0.29, 0.717) is 23.5 Å². The minimum atomic E-state index is -0.0389. The number of benzene rings is 1. The zero-order valence-electron chi connectivity index (χ0n) is 14.8. The Morgan fingerprint density at radius 1 is 0.800 bits per heavy atom. The van der Waals surface area contributed by atoms with Gasteiger partial charge in [0.25, 0.3) is 0 Å². The normalized spacial score (nSPS) is 12.8. The molecule has 0 spiro atoms. The van der Waals surface area contributed by atoms with Gasteiger partial charge in [-0.05, 0) is 45.9 Å². The maximum atomic E-state index is 10.6. The first-order chi connectivity index (χ1) is 8.98. The van der Waals surface area contributed by atoms with E-state index in [1.807, 2.05) is 6.07 Å². The Bertz CT molecular complexity index is 474. The van der Waals surface area contributed by atoms with Crippen LogP contribution in [0.2, 0.25) is 0 Å². The molecule has 0 aliphatic heterocycles. The zero-order valence-corrected chi connectivity index (χ0v) is 14.8. The van der Waals surface area contributed by atoms with Crippen LogP contribution in [0.25, 0.3) is 0 Å². The van der Waals surface area contributed by atoms with Crippen LogP contribution in [0.4, 0.5) is 0 Å². The maximum Gasteiger partial charge on any atom is 0.119 e. The second kappa shape index (κ2) is 5.79. The van der Waals surface area contributed by atoms with E-state index in [4.69, 9.17) is 0 Å². The van der Waals surface area contributed by atoms with Gasteiger partial charge < -0.3 is 5.11 Å². The van der Waals surface area contributed by atoms with Crippen LogP contribution in [0, 0.1) is 0 Å². The van der Waals surface area contributed by atoms with Crippen LogP contribution in [0.3, 0.4) is 0 Å². The fraction of sp³-hybridized carbons (Fsp3) is 0.684. The molecule has 0 saturated heterocycles. The van der Waals surface area contributed by atoms with Crippen LogP contribution in [-0.4, -0.2) is 5.11 Å². The molecule has 0 heterocycles. The molecule has 114 valence electrons. The van der Waals surface area contributed by atoms with Gasteiger partial charge >= 0.3 is 0 Å². The smallest absolute Gasteiger partial charge is 0.119 e. The van der Waals surface area contributed by atoms with Crippen molar-refractivity contribution >= 4 is 0 Å². The highest BCUT2D eigenvalue weighted by Crippen LogP contribution is 2.44. The second-order valence-corrected chi connectivity index (χ2v) is 7.90. The Labute approximate surface area is 125 Å². The van der Waals surface area contributed by atoms with Crippen molar-refractivity contribution in [1.82, 2.24) is 0 Å². The van der Waals surface area contributed by atoms with Crippen molar-refractivity contribution in [1.29, 1.82) is 0 Å². The first-order valence-electron chi connectivity index (χ1n) is 7.88. The number of hydrogen-bond acceptors (Lipinski definition) is 1. The Morgan fingerprint density at radius 2 is 1.25 bits per heavy atom. The van der Waals surface area contributed by atoms with Crippen LogP contribution in [0.15, 0.2) is 6.07 Å². The summed E-state index contributed by atoms with van der Waals surface area (Å²) in [7, 11) is 0. The molecule has 1 rings (SSSR count). The first kappa shape index (κ1) is 17.1. The highest BCUT2D eigenvalue weighted by molar-refractivity contribution is 5.55. The van der Waals surface area contributed by atoms with Gasteiger partial charge in [-0.2, -0.15) is 0 Å². The standard InChI is InChI=1S/C19H32O/c1-11(2)14-10-15(20)18(19(7,8)9)17(13(5)6)16(14)12(3)4/h10-13,20H,1-9H3. The summed E-state index contributed by atoms with van der Waals surface area (Å²) in [6.07, 6.45) is 0. The van der Waals surface area contributed by atoms with Crippen molar-refractivity contribution in [3.05, 3.63) is 28.3 Å². The molecule has 1 aromatic carbocycles. The van der Waals surface area contributed by atoms with Crippen molar-refractivity contribution < 1.29 is 5.11 Å². The molecule has 0 aromatic heterocycles. The van der Waals surface area contributed by atoms with Crippen molar-refractivity contribution in [2.45, 2.75) is 85.5 Å². The molecule has 1 heteroatoms. The van der Waals surface area contributed by atoms with Crippen LogP contribution >= 0.6 is 0 Å². The molecule has 0 fully saturated rings. The number of hydrogen-bond donors (Lipinski definition) is 1. The van der Waals surface area contributed by atoms with E-state index in [9.17, 15) is 5.11 Å². The topological polar surface area (TPSA) is 20.2 Å². The molecule has 1 aromatic rings. The van der Waals surface area contributed by atoms with E-state index >= 15 is 0 Å². The molecule has 0 saturated carbocycles. The largest absolute Gasteiger partial charge is 0.508 e. The average molecular weight is 276 g/mol. The van der Waals surface area contributed by atoms with E-state index < -0.39 is 0 Å². The summed E-state index contributed by atoms with van der Waals surface area (Å²) < 4.78 is 0. The number of aromatic hydroxyl groups is 1. The third-order valence-corrected chi connectivity index (χ3v) is 3.95. The molecule has 0 bridgehead atoms. The van der Waals surface area contributed by atoms with Crippen LogP contribution in [-0.2, 0) is 5.41 Å². The Hall–Kier alpha value is -0.980. The SMILES string of the molecule is CC(C)c1cc(O)c(C(C)(C)C)c(C(C)C)c1C(C)C. The lowest BCUT2D eigenvalue weighted by Crippen LogP contribution is -2.19. The maximum absolute atomic E-state index is 10.6. The lowest BCUT2D eigenvalue weighted by atomic mass is 9.73. The third-order valence-electron chi connectivity index (χ3n) is 3.95. The highest BCUT2D eigenvalue weighted by Gasteiger charge is 2.29. The van der Waals surface area contributed by atoms with Gasteiger partial charge in [-0.15, -0.1) is 0 Å². The molecular weight excluding hydrogens is 244 g/mol. The van der Waals surface area contributed by atoms with Crippen LogP contribution in [0.5, 0.6) is 5.75 Å².